The van der Waals surface area contributed by atoms with Gasteiger partial charge in [0.15, 0.2) is 0 Å². The first-order valence-corrected chi connectivity index (χ1v) is 6.94. The van der Waals surface area contributed by atoms with Crippen LogP contribution in [0.2, 0.25) is 0 Å². The maximum absolute atomic E-state index is 12.5. The van der Waals surface area contributed by atoms with Gasteiger partial charge in [0.25, 0.3) is 0 Å². The highest BCUT2D eigenvalue weighted by molar-refractivity contribution is 5.92. The quantitative estimate of drug-likeness (QED) is 0.854. The first-order chi connectivity index (χ1) is 10.6. The van der Waals surface area contributed by atoms with Gasteiger partial charge in [0.05, 0.1) is 11.7 Å². The van der Waals surface area contributed by atoms with Crippen LogP contribution >= 0.6 is 0 Å². The van der Waals surface area contributed by atoms with Gasteiger partial charge in [-0.2, -0.15) is 4.68 Å². The molecule has 0 aliphatic carbocycles. The number of ether oxygens (including phenoxy) is 1. The number of hydrogen-bond donors (Lipinski definition) is 1. The third-order valence-electron chi connectivity index (χ3n) is 3.28. The van der Waals surface area contributed by atoms with Crippen LogP contribution in [-0.4, -0.2) is 37.3 Å². The number of anilines is 1. The number of rotatable bonds is 3. The largest absolute Gasteiger partial charge is 0.459 e. The van der Waals surface area contributed by atoms with Crippen molar-refractivity contribution in [3.05, 3.63) is 41.4 Å². The summed E-state index contributed by atoms with van der Waals surface area (Å²) in [6, 6.07) is 3.22. The first kappa shape index (κ1) is 14.2. The van der Waals surface area contributed by atoms with Crippen molar-refractivity contribution in [3.63, 3.8) is 0 Å². The normalized spacial score (nSPS) is 17.2. The number of carbonyl (C=O) groups is 1. The molecule has 3 heterocycles. The van der Waals surface area contributed by atoms with Gasteiger partial charge < -0.3 is 10.1 Å². The Balaban J connectivity index is 2.10. The van der Waals surface area contributed by atoms with Gasteiger partial charge in [-0.1, -0.05) is 11.2 Å². The lowest BCUT2D eigenvalue weighted by molar-refractivity contribution is -0.143. The summed E-state index contributed by atoms with van der Waals surface area (Å²) in [6.07, 6.45) is 3.16. The van der Waals surface area contributed by atoms with E-state index in [2.05, 4.69) is 25.8 Å². The molecule has 0 saturated heterocycles. The number of tetrazole rings is 1. The predicted octanol–water partition coefficient (Wildman–Crippen LogP) is 1.31. The third-order valence-corrected chi connectivity index (χ3v) is 3.28. The van der Waals surface area contributed by atoms with E-state index < -0.39 is 12.0 Å². The molecule has 0 spiro atoms. The summed E-state index contributed by atoms with van der Waals surface area (Å²) in [4.78, 5) is 16.6. The molecule has 2 aromatic heterocycles. The number of carbonyl (C=O) groups excluding carboxylic acids is 1. The number of hydrogen-bond acceptors (Lipinski definition) is 7. The second-order valence-electron chi connectivity index (χ2n) is 5.25. The van der Waals surface area contributed by atoms with E-state index in [-0.39, 0.29) is 6.10 Å². The zero-order valence-corrected chi connectivity index (χ0v) is 12.5. The van der Waals surface area contributed by atoms with Gasteiger partial charge in [0, 0.05) is 18.1 Å². The summed E-state index contributed by atoms with van der Waals surface area (Å²) in [5, 5.41) is 14.6. The molecule has 0 aromatic carbocycles. The molecule has 3 rings (SSSR count). The van der Waals surface area contributed by atoms with Crippen molar-refractivity contribution in [1.82, 2.24) is 25.2 Å². The van der Waals surface area contributed by atoms with E-state index in [0.717, 1.165) is 5.56 Å². The lowest BCUT2D eigenvalue weighted by Crippen LogP contribution is -2.30. The SMILES string of the molecule is CC1=C(C(=O)OC(C)C)[C@H](c2cccnc2)n2nnnc2N1. The lowest BCUT2D eigenvalue weighted by Gasteiger charge is -2.27. The molecule has 1 aliphatic heterocycles. The zero-order chi connectivity index (χ0) is 15.7. The Kier molecular flexibility index (Phi) is 3.58. The molecule has 0 fully saturated rings. The second-order valence-corrected chi connectivity index (χ2v) is 5.25. The summed E-state index contributed by atoms with van der Waals surface area (Å²) < 4.78 is 6.92. The molecule has 0 amide bonds. The van der Waals surface area contributed by atoms with E-state index >= 15 is 0 Å². The topological polar surface area (TPSA) is 94.8 Å². The van der Waals surface area contributed by atoms with E-state index in [9.17, 15) is 4.79 Å². The van der Waals surface area contributed by atoms with Gasteiger partial charge in [-0.25, -0.2) is 4.79 Å². The van der Waals surface area contributed by atoms with Crippen LogP contribution < -0.4 is 5.32 Å². The second kappa shape index (κ2) is 5.55. The average molecular weight is 300 g/mol. The summed E-state index contributed by atoms with van der Waals surface area (Å²) in [5.41, 5.74) is 1.95. The highest BCUT2D eigenvalue weighted by Gasteiger charge is 2.35. The number of pyridine rings is 1. The third kappa shape index (κ3) is 2.43. The molecule has 1 atom stereocenters. The number of fused-ring (bicyclic) bond motifs is 1. The molecular weight excluding hydrogens is 284 g/mol. The molecule has 2 aromatic rings. The molecule has 8 nitrogen and oxygen atoms in total. The Hall–Kier alpha value is -2.77. The molecular formula is C14H16N6O2. The fourth-order valence-electron chi connectivity index (χ4n) is 2.40. The average Bonchev–Trinajstić information content (AvgIpc) is 2.93. The maximum Gasteiger partial charge on any atom is 0.338 e. The summed E-state index contributed by atoms with van der Waals surface area (Å²) in [7, 11) is 0. The zero-order valence-electron chi connectivity index (χ0n) is 12.5. The van der Waals surface area contributed by atoms with E-state index in [0.29, 0.717) is 17.2 Å². The lowest BCUT2D eigenvalue weighted by atomic mass is 9.97. The molecule has 8 heteroatoms. The van der Waals surface area contributed by atoms with Crippen molar-refractivity contribution < 1.29 is 9.53 Å². The van der Waals surface area contributed by atoms with Crippen molar-refractivity contribution >= 4 is 11.9 Å². The van der Waals surface area contributed by atoms with Crippen LogP contribution in [0.3, 0.4) is 0 Å². The van der Waals surface area contributed by atoms with E-state index in [1.54, 1.807) is 24.0 Å². The van der Waals surface area contributed by atoms with Gasteiger partial charge in [0.2, 0.25) is 5.95 Å². The Labute approximate surface area is 127 Å². The Bertz CT molecular complexity index is 722. The number of aromatic nitrogens is 5. The van der Waals surface area contributed by atoms with Crippen LogP contribution in [0.4, 0.5) is 5.95 Å². The standard InChI is InChI=1S/C14H16N6O2/c1-8(2)22-13(21)11-9(3)16-14-17-18-19-20(14)12(11)10-5-4-6-15-7-10/h4-8,12H,1-3H3,(H,16,17,19)/t12-/m0/s1. The van der Waals surface area contributed by atoms with Gasteiger partial charge >= 0.3 is 5.97 Å². The highest BCUT2D eigenvalue weighted by atomic mass is 16.5. The van der Waals surface area contributed by atoms with Crippen LogP contribution in [0.15, 0.2) is 35.8 Å². The van der Waals surface area contributed by atoms with Crippen molar-refractivity contribution in [2.75, 3.05) is 5.32 Å². The number of nitrogens with zero attached hydrogens (tertiary/aromatic N) is 5. The van der Waals surface area contributed by atoms with Gasteiger partial charge in [0.1, 0.15) is 6.04 Å². The smallest absolute Gasteiger partial charge is 0.338 e. The van der Waals surface area contributed by atoms with Crippen molar-refractivity contribution in [1.29, 1.82) is 0 Å². The molecule has 22 heavy (non-hydrogen) atoms. The fraction of sp³-hybridized carbons (Fsp3) is 0.357. The van der Waals surface area contributed by atoms with Crippen LogP contribution in [0.5, 0.6) is 0 Å². The molecule has 0 unspecified atom stereocenters. The Morgan fingerprint density at radius 2 is 2.27 bits per heavy atom. The number of allylic oxidation sites excluding steroid dienone is 1. The number of nitrogens with one attached hydrogen (secondary N) is 1. The van der Waals surface area contributed by atoms with Gasteiger partial charge in [-0.15, -0.1) is 0 Å². The minimum atomic E-state index is -0.466. The van der Waals surface area contributed by atoms with Gasteiger partial charge in [-0.05, 0) is 42.8 Å². The van der Waals surface area contributed by atoms with Crippen LogP contribution in [0.25, 0.3) is 0 Å². The van der Waals surface area contributed by atoms with Crippen LogP contribution in [0.1, 0.15) is 32.4 Å². The molecule has 1 N–H and O–H groups in total. The van der Waals surface area contributed by atoms with E-state index in [1.807, 2.05) is 26.0 Å². The molecule has 114 valence electrons. The first-order valence-electron chi connectivity index (χ1n) is 6.94. The maximum atomic E-state index is 12.5. The van der Waals surface area contributed by atoms with Crippen molar-refractivity contribution in [3.8, 4) is 0 Å². The summed E-state index contributed by atoms with van der Waals surface area (Å²) in [6.45, 7) is 5.43. The summed E-state index contributed by atoms with van der Waals surface area (Å²) >= 11 is 0. The Morgan fingerprint density at radius 3 is 2.95 bits per heavy atom. The highest BCUT2D eigenvalue weighted by Crippen LogP contribution is 2.34. The predicted molar refractivity (Wildman–Crippen MR) is 77.7 cm³/mol. The number of esters is 1. The molecule has 0 bridgehead atoms. The minimum absolute atomic E-state index is 0.211. The van der Waals surface area contributed by atoms with Gasteiger partial charge in [-0.3, -0.25) is 4.98 Å². The summed E-state index contributed by atoms with van der Waals surface area (Å²) in [5.74, 6) is 0.0856. The molecule has 0 saturated carbocycles. The molecule has 0 radical (unpaired) electrons. The minimum Gasteiger partial charge on any atom is -0.459 e. The van der Waals surface area contributed by atoms with Crippen LogP contribution in [-0.2, 0) is 9.53 Å². The van der Waals surface area contributed by atoms with Crippen molar-refractivity contribution in [2.24, 2.45) is 0 Å². The van der Waals surface area contributed by atoms with Crippen LogP contribution in [0, 0.1) is 0 Å². The molecule has 1 aliphatic rings. The van der Waals surface area contributed by atoms with E-state index in [1.165, 1.54) is 0 Å². The van der Waals surface area contributed by atoms with Crippen molar-refractivity contribution in [2.45, 2.75) is 32.9 Å². The monoisotopic (exact) mass is 300 g/mol. The fourth-order valence-corrected chi connectivity index (χ4v) is 2.40. The Morgan fingerprint density at radius 1 is 1.45 bits per heavy atom. The van der Waals surface area contributed by atoms with E-state index in [4.69, 9.17) is 4.74 Å².